The fourth-order valence-electron chi connectivity index (χ4n) is 3.81. The first-order valence-corrected chi connectivity index (χ1v) is 14.1. The Kier molecular flexibility index (Phi) is 8.03. The van der Waals surface area contributed by atoms with E-state index in [4.69, 9.17) is 0 Å². The lowest BCUT2D eigenvalue weighted by atomic mass is 9.99. The van der Waals surface area contributed by atoms with Crippen molar-refractivity contribution in [2.45, 2.75) is 24.4 Å². The molecule has 0 bridgehead atoms. The number of benzene rings is 3. The molecule has 0 fully saturated rings. The molecule has 202 valence electrons. The second-order valence-electron chi connectivity index (χ2n) is 8.54. The molecule has 0 aliphatic carbocycles. The van der Waals surface area contributed by atoms with Crippen LogP contribution in [0.4, 0.5) is 22.6 Å². The quantitative estimate of drug-likeness (QED) is 0.186. The third-order valence-corrected chi connectivity index (χ3v) is 8.62. The Balaban J connectivity index is 1.65. The average Bonchev–Trinajstić information content (AvgIpc) is 3.31. The number of sulfone groups is 1. The Morgan fingerprint density at radius 2 is 1.62 bits per heavy atom. The highest BCUT2D eigenvalue weighted by Crippen LogP contribution is 2.39. The van der Waals surface area contributed by atoms with E-state index in [1.807, 2.05) is 0 Å². The van der Waals surface area contributed by atoms with E-state index >= 15 is 0 Å². The lowest BCUT2D eigenvalue weighted by Crippen LogP contribution is -2.13. The lowest BCUT2D eigenvalue weighted by molar-refractivity contribution is -0.137. The van der Waals surface area contributed by atoms with Crippen molar-refractivity contribution in [2.75, 3.05) is 11.1 Å². The molecule has 3 aromatic carbocycles. The summed E-state index contributed by atoms with van der Waals surface area (Å²) in [6.07, 6.45) is -4.72. The zero-order chi connectivity index (χ0) is 28.4. The highest BCUT2D eigenvalue weighted by atomic mass is 32.2. The molecule has 11 heteroatoms. The van der Waals surface area contributed by atoms with Crippen molar-refractivity contribution in [3.63, 3.8) is 0 Å². The maximum absolute atomic E-state index is 13.8. The van der Waals surface area contributed by atoms with Crippen LogP contribution >= 0.6 is 11.3 Å². The molecule has 0 aliphatic heterocycles. The summed E-state index contributed by atoms with van der Waals surface area (Å²) < 4.78 is 77.8. The second-order valence-corrected chi connectivity index (χ2v) is 11.9. The molecule has 0 atom stereocenters. The van der Waals surface area contributed by atoms with Crippen LogP contribution in [0.5, 0.6) is 0 Å². The molecule has 0 spiro atoms. The van der Waals surface area contributed by atoms with Gasteiger partial charge in [0.05, 0.1) is 32.5 Å². The van der Waals surface area contributed by atoms with Crippen molar-refractivity contribution in [3.8, 4) is 11.1 Å². The first kappa shape index (κ1) is 28.2. The number of carbonyl (C=O) groups is 2. The Hall–Kier alpha value is -3.83. The van der Waals surface area contributed by atoms with Gasteiger partial charge in [-0.15, -0.1) is 11.3 Å². The number of hydrogen-bond acceptors (Lipinski definition) is 5. The number of ketones is 1. The lowest BCUT2D eigenvalue weighted by Gasteiger charge is -2.09. The molecule has 0 aliphatic rings. The van der Waals surface area contributed by atoms with E-state index in [9.17, 15) is 35.6 Å². The minimum absolute atomic E-state index is 0.00470. The maximum atomic E-state index is 13.8. The topological polar surface area (TPSA) is 80.3 Å². The molecule has 4 rings (SSSR count). The summed E-state index contributed by atoms with van der Waals surface area (Å²) in [5, 5.41) is 2.86. The van der Waals surface area contributed by atoms with Gasteiger partial charge in [-0.2, -0.15) is 13.2 Å². The minimum atomic E-state index is -4.61. The molecule has 0 radical (unpaired) electrons. The number of alkyl halides is 3. The van der Waals surface area contributed by atoms with E-state index in [2.05, 4.69) is 5.32 Å². The zero-order valence-electron chi connectivity index (χ0n) is 20.4. The number of rotatable bonds is 8. The molecule has 1 heterocycles. The number of anilines is 1. The van der Waals surface area contributed by atoms with Gasteiger partial charge in [0.15, 0.2) is 9.84 Å². The second kappa shape index (κ2) is 11.1. The highest BCUT2D eigenvalue weighted by Gasteiger charge is 2.31. The average molecular weight is 576 g/mol. The number of hydrogen-bond donors (Lipinski definition) is 1. The summed E-state index contributed by atoms with van der Waals surface area (Å²) in [5.41, 5.74) is -0.105. The van der Waals surface area contributed by atoms with Gasteiger partial charge in [-0.25, -0.2) is 12.8 Å². The monoisotopic (exact) mass is 575 g/mol. The molecule has 1 aromatic heterocycles. The van der Waals surface area contributed by atoms with Gasteiger partial charge in [0, 0.05) is 11.1 Å². The van der Waals surface area contributed by atoms with Crippen molar-refractivity contribution >= 4 is 37.9 Å². The molecule has 0 unspecified atom stereocenters. The van der Waals surface area contributed by atoms with E-state index in [1.54, 1.807) is 0 Å². The predicted octanol–water partition coefficient (Wildman–Crippen LogP) is 6.78. The van der Waals surface area contributed by atoms with Crippen molar-refractivity contribution < 1.29 is 35.6 Å². The van der Waals surface area contributed by atoms with Gasteiger partial charge in [0.2, 0.25) is 11.7 Å². The Bertz CT molecular complexity index is 1640. The van der Waals surface area contributed by atoms with Crippen molar-refractivity contribution in [2.24, 2.45) is 0 Å². The largest absolute Gasteiger partial charge is 0.416 e. The van der Waals surface area contributed by atoms with Crippen molar-refractivity contribution in [1.29, 1.82) is 0 Å². The zero-order valence-corrected chi connectivity index (χ0v) is 22.0. The van der Waals surface area contributed by atoms with Crippen LogP contribution in [0.2, 0.25) is 0 Å². The van der Waals surface area contributed by atoms with E-state index in [-0.39, 0.29) is 43.6 Å². The van der Waals surface area contributed by atoms with Crippen LogP contribution in [0.25, 0.3) is 11.1 Å². The number of amides is 1. The number of nitrogens with one attached hydrogen (secondary N) is 1. The molecule has 0 saturated heterocycles. The Morgan fingerprint density at radius 1 is 0.923 bits per heavy atom. The van der Waals surface area contributed by atoms with Gasteiger partial charge in [0.1, 0.15) is 5.82 Å². The normalized spacial score (nSPS) is 11.8. The first-order valence-electron chi connectivity index (χ1n) is 11.6. The molecule has 4 aromatic rings. The summed E-state index contributed by atoms with van der Waals surface area (Å²) in [7, 11) is -3.39. The molecule has 1 amide bonds. The SMILES string of the molecule is CCS(=O)(=O)c1ccc(CC(=O)Nc2cc(-c3cccc(C(F)(F)F)c3)c(C(=O)c3cccc(F)c3)s2)cc1. The van der Waals surface area contributed by atoms with Crippen LogP contribution in [-0.4, -0.2) is 25.9 Å². The summed E-state index contributed by atoms with van der Waals surface area (Å²) in [5.74, 6) is -1.80. The molecule has 5 nitrogen and oxygen atoms in total. The first-order chi connectivity index (χ1) is 18.4. The number of carbonyl (C=O) groups excluding carboxylic acids is 2. The Morgan fingerprint density at radius 3 is 2.26 bits per heavy atom. The smallest absolute Gasteiger partial charge is 0.317 e. The van der Waals surface area contributed by atoms with Gasteiger partial charge in [0.25, 0.3) is 0 Å². The van der Waals surface area contributed by atoms with Crippen LogP contribution < -0.4 is 5.32 Å². The molecular weight excluding hydrogens is 554 g/mol. The van der Waals surface area contributed by atoms with Gasteiger partial charge in [-0.3, -0.25) is 9.59 Å². The molecule has 39 heavy (non-hydrogen) atoms. The van der Waals surface area contributed by atoms with E-state index in [0.29, 0.717) is 5.56 Å². The number of halogens is 4. The van der Waals surface area contributed by atoms with Crippen molar-refractivity contribution in [1.82, 2.24) is 0 Å². The molecular formula is C28H21F4NO4S2. The van der Waals surface area contributed by atoms with Gasteiger partial charge in [-0.1, -0.05) is 43.3 Å². The minimum Gasteiger partial charge on any atom is -0.317 e. The summed E-state index contributed by atoms with van der Waals surface area (Å²) in [4.78, 5) is 26.2. The summed E-state index contributed by atoms with van der Waals surface area (Å²) >= 11 is 0.860. The van der Waals surface area contributed by atoms with Crippen LogP contribution in [0.3, 0.4) is 0 Å². The molecule has 0 saturated carbocycles. The summed E-state index contributed by atoms with van der Waals surface area (Å²) in [6, 6.07) is 16.6. The molecule has 1 N–H and O–H groups in total. The van der Waals surface area contributed by atoms with Gasteiger partial charge < -0.3 is 5.32 Å². The van der Waals surface area contributed by atoms with Crippen LogP contribution in [-0.2, 0) is 27.2 Å². The van der Waals surface area contributed by atoms with Gasteiger partial charge >= 0.3 is 6.18 Å². The van der Waals surface area contributed by atoms with E-state index < -0.39 is 39.1 Å². The number of thiophene rings is 1. The van der Waals surface area contributed by atoms with Crippen molar-refractivity contribution in [3.05, 3.63) is 106 Å². The predicted molar refractivity (Wildman–Crippen MR) is 141 cm³/mol. The third kappa shape index (κ3) is 6.61. The summed E-state index contributed by atoms with van der Waals surface area (Å²) in [6.45, 7) is 1.53. The van der Waals surface area contributed by atoms with Gasteiger partial charge in [-0.05, 0) is 53.6 Å². The fourth-order valence-corrected chi connectivity index (χ4v) is 5.75. The van der Waals surface area contributed by atoms with Crippen LogP contribution in [0, 0.1) is 5.82 Å². The Labute approximate surface area is 226 Å². The standard InChI is InChI=1S/C28H21F4NO4S2/c1-2-39(36,37)22-11-9-17(10-12-22)13-24(34)33-25-16-23(18-5-3-7-20(14-18)28(30,31)32)27(38-25)26(35)19-6-4-8-21(29)15-19/h3-12,14-16H,2,13H2,1H3,(H,33,34). The van der Waals surface area contributed by atoms with Crippen LogP contribution in [0.1, 0.15) is 33.3 Å². The van der Waals surface area contributed by atoms with E-state index in [1.165, 1.54) is 61.5 Å². The van der Waals surface area contributed by atoms with Crippen LogP contribution in [0.15, 0.2) is 83.8 Å². The maximum Gasteiger partial charge on any atom is 0.416 e. The third-order valence-electron chi connectivity index (χ3n) is 5.82. The highest BCUT2D eigenvalue weighted by molar-refractivity contribution is 7.91. The fraction of sp³-hybridized carbons (Fsp3) is 0.143. The van der Waals surface area contributed by atoms with E-state index in [0.717, 1.165) is 35.6 Å².